The van der Waals surface area contributed by atoms with Gasteiger partial charge in [-0.25, -0.2) is 9.59 Å². The van der Waals surface area contributed by atoms with Crippen molar-refractivity contribution in [3.63, 3.8) is 0 Å². The summed E-state index contributed by atoms with van der Waals surface area (Å²) in [5.41, 5.74) is -0.580. The predicted molar refractivity (Wildman–Crippen MR) is 65.2 cm³/mol. The summed E-state index contributed by atoms with van der Waals surface area (Å²) in [6.45, 7) is 0. The highest BCUT2D eigenvalue weighted by molar-refractivity contribution is 6.00. The van der Waals surface area contributed by atoms with Crippen LogP contribution in [-0.4, -0.2) is 28.1 Å². The molecule has 0 radical (unpaired) electrons. The molecule has 1 aromatic carbocycles. The quantitative estimate of drug-likeness (QED) is 0.563. The lowest BCUT2D eigenvalue weighted by Gasteiger charge is -2.09. The predicted octanol–water partition coefficient (Wildman–Crippen LogP) is 1.58. The van der Waals surface area contributed by atoms with E-state index >= 15 is 0 Å². The van der Waals surface area contributed by atoms with Crippen LogP contribution in [0.5, 0.6) is 0 Å². The van der Waals surface area contributed by atoms with Crippen molar-refractivity contribution in [3.05, 3.63) is 33.9 Å². The summed E-state index contributed by atoms with van der Waals surface area (Å²) >= 11 is 0. The Morgan fingerprint density at radius 3 is 2.58 bits per heavy atom. The zero-order valence-electron chi connectivity index (χ0n) is 9.75. The Morgan fingerprint density at radius 2 is 2.05 bits per heavy atom. The van der Waals surface area contributed by atoms with Crippen LogP contribution >= 0.6 is 0 Å². The zero-order valence-corrected chi connectivity index (χ0v) is 9.75. The third-order valence-corrected chi connectivity index (χ3v) is 2.61. The molecule has 0 spiro atoms. The molecule has 0 atom stereocenters. The Labute approximate surface area is 107 Å². The number of hydrogen-bond donors (Lipinski definition) is 3. The Hall–Kier alpha value is -2.64. The van der Waals surface area contributed by atoms with E-state index in [1.807, 2.05) is 0 Å². The molecule has 0 aromatic heterocycles. The van der Waals surface area contributed by atoms with Crippen molar-refractivity contribution in [3.8, 4) is 0 Å². The van der Waals surface area contributed by atoms with Crippen molar-refractivity contribution in [1.82, 2.24) is 5.32 Å². The van der Waals surface area contributed by atoms with Crippen LogP contribution in [0.25, 0.3) is 0 Å². The number of anilines is 1. The standard InChI is InChI=1S/C11H11N3O5/c15-10(16)8-4-3-7(14(18)19)5-9(8)13-11(17)12-6-1-2-6/h3-6H,1-2H2,(H,15,16)(H2,12,13,17). The summed E-state index contributed by atoms with van der Waals surface area (Å²) < 4.78 is 0. The van der Waals surface area contributed by atoms with Crippen LogP contribution in [0, 0.1) is 10.1 Å². The van der Waals surface area contributed by atoms with E-state index in [4.69, 9.17) is 5.11 Å². The maximum Gasteiger partial charge on any atom is 0.337 e. The van der Waals surface area contributed by atoms with Gasteiger partial charge in [0.2, 0.25) is 0 Å². The lowest BCUT2D eigenvalue weighted by molar-refractivity contribution is -0.384. The second-order valence-corrected chi connectivity index (χ2v) is 4.16. The number of carbonyl (C=O) groups excluding carboxylic acids is 1. The van der Waals surface area contributed by atoms with Crippen molar-refractivity contribution in [2.75, 3.05) is 5.32 Å². The van der Waals surface area contributed by atoms with Crippen LogP contribution in [-0.2, 0) is 0 Å². The summed E-state index contributed by atoms with van der Waals surface area (Å²) in [6.07, 6.45) is 1.77. The smallest absolute Gasteiger partial charge is 0.337 e. The molecule has 2 amide bonds. The van der Waals surface area contributed by atoms with Crippen LogP contribution in [0.15, 0.2) is 18.2 Å². The van der Waals surface area contributed by atoms with Crippen molar-refractivity contribution in [2.45, 2.75) is 18.9 Å². The maximum absolute atomic E-state index is 11.5. The van der Waals surface area contributed by atoms with Gasteiger partial charge in [0.25, 0.3) is 5.69 Å². The molecule has 0 saturated heterocycles. The molecule has 1 fully saturated rings. The number of nitrogens with one attached hydrogen (secondary N) is 2. The second-order valence-electron chi connectivity index (χ2n) is 4.16. The van der Waals surface area contributed by atoms with Crippen molar-refractivity contribution >= 4 is 23.4 Å². The highest BCUT2D eigenvalue weighted by atomic mass is 16.6. The number of benzene rings is 1. The van der Waals surface area contributed by atoms with Gasteiger partial charge < -0.3 is 15.7 Å². The molecular formula is C11H11N3O5. The molecule has 0 aliphatic heterocycles. The molecule has 1 aliphatic carbocycles. The molecule has 0 heterocycles. The van der Waals surface area contributed by atoms with Crippen LogP contribution < -0.4 is 10.6 Å². The number of nitrogens with zero attached hydrogens (tertiary/aromatic N) is 1. The molecule has 1 saturated carbocycles. The third-order valence-electron chi connectivity index (χ3n) is 2.61. The summed E-state index contributed by atoms with van der Waals surface area (Å²) in [7, 11) is 0. The van der Waals surface area contributed by atoms with Gasteiger partial charge in [0.1, 0.15) is 0 Å². The number of urea groups is 1. The van der Waals surface area contributed by atoms with E-state index in [0.717, 1.165) is 31.0 Å². The monoisotopic (exact) mass is 265 g/mol. The van der Waals surface area contributed by atoms with Gasteiger partial charge in [-0.15, -0.1) is 0 Å². The van der Waals surface area contributed by atoms with Gasteiger partial charge in [-0.2, -0.15) is 0 Å². The first-order chi connectivity index (χ1) is 8.97. The summed E-state index contributed by atoms with van der Waals surface area (Å²) in [4.78, 5) is 32.5. The number of aromatic carboxylic acids is 1. The first-order valence-electron chi connectivity index (χ1n) is 5.56. The summed E-state index contributed by atoms with van der Waals surface area (Å²) in [6, 6.07) is 2.73. The number of non-ortho nitro benzene ring substituents is 1. The van der Waals surface area contributed by atoms with Gasteiger partial charge in [0.05, 0.1) is 16.2 Å². The van der Waals surface area contributed by atoms with Crippen molar-refractivity contribution in [1.29, 1.82) is 0 Å². The van der Waals surface area contributed by atoms with Crippen LogP contribution in [0.4, 0.5) is 16.2 Å². The molecule has 8 heteroatoms. The molecule has 0 bridgehead atoms. The first kappa shape index (κ1) is 12.8. The van der Waals surface area contributed by atoms with Gasteiger partial charge in [0.15, 0.2) is 0 Å². The minimum atomic E-state index is -1.27. The molecule has 19 heavy (non-hydrogen) atoms. The molecule has 2 rings (SSSR count). The van der Waals surface area contributed by atoms with Gasteiger partial charge in [-0.05, 0) is 18.9 Å². The van der Waals surface area contributed by atoms with Gasteiger partial charge >= 0.3 is 12.0 Å². The number of nitro benzene ring substituents is 1. The lowest BCUT2D eigenvalue weighted by atomic mass is 10.1. The molecule has 100 valence electrons. The van der Waals surface area contributed by atoms with E-state index in [2.05, 4.69) is 10.6 Å². The third kappa shape index (κ3) is 3.18. The minimum Gasteiger partial charge on any atom is -0.478 e. The Kier molecular flexibility index (Phi) is 3.32. The number of amides is 2. The van der Waals surface area contributed by atoms with E-state index in [1.165, 1.54) is 0 Å². The van der Waals surface area contributed by atoms with Crippen molar-refractivity contribution < 1.29 is 19.6 Å². The summed E-state index contributed by atoms with van der Waals surface area (Å²) in [5, 5.41) is 24.5. The van der Waals surface area contributed by atoms with Gasteiger partial charge in [-0.3, -0.25) is 10.1 Å². The van der Waals surface area contributed by atoms with E-state index < -0.39 is 16.9 Å². The minimum absolute atomic E-state index is 0.0974. The average molecular weight is 265 g/mol. The van der Waals surface area contributed by atoms with Gasteiger partial charge in [0, 0.05) is 18.2 Å². The maximum atomic E-state index is 11.5. The Balaban J connectivity index is 2.23. The normalized spacial score (nSPS) is 13.7. The fourth-order valence-electron chi connectivity index (χ4n) is 1.51. The Morgan fingerprint density at radius 1 is 1.37 bits per heavy atom. The summed E-state index contributed by atoms with van der Waals surface area (Å²) in [5.74, 6) is -1.27. The zero-order chi connectivity index (χ0) is 14.0. The first-order valence-corrected chi connectivity index (χ1v) is 5.56. The van der Waals surface area contributed by atoms with Crippen LogP contribution in [0.1, 0.15) is 23.2 Å². The molecule has 0 unspecified atom stereocenters. The highest BCUT2D eigenvalue weighted by Crippen LogP contribution is 2.23. The number of carbonyl (C=O) groups is 2. The second kappa shape index (κ2) is 4.92. The molecule has 1 aromatic rings. The average Bonchev–Trinajstić information content (AvgIpc) is 3.12. The SMILES string of the molecule is O=C(Nc1cc([N+](=O)[O-])ccc1C(=O)O)NC1CC1. The topological polar surface area (TPSA) is 122 Å². The molecule has 1 aliphatic rings. The molecular weight excluding hydrogens is 254 g/mol. The number of rotatable bonds is 4. The lowest BCUT2D eigenvalue weighted by Crippen LogP contribution is -2.31. The fraction of sp³-hybridized carbons (Fsp3) is 0.273. The number of nitro groups is 1. The fourth-order valence-corrected chi connectivity index (χ4v) is 1.51. The largest absolute Gasteiger partial charge is 0.478 e. The van der Waals surface area contributed by atoms with E-state index in [0.29, 0.717) is 0 Å². The number of carboxylic acid groups (broad SMARTS) is 1. The molecule has 8 nitrogen and oxygen atoms in total. The highest BCUT2D eigenvalue weighted by Gasteiger charge is 2.24. The van der Waals surface area contributed by atoms with E-state index in [-0.39, 0.29) is 23.0 Å². The van der Waals surface area contributed by atoms with Crippen molar-refractivity contribution in [2.24, 2.45) is 0 Å². The molecule has 3 N–H and O–H groups in total. The number of carboxylic acids is 1. The number of hydrogen-bond acceptors (Lipinski definition) is 4. The van der Waals surface area contributed by atoms with Crippen LogP contribution in [0.2, 0.25) is 0 Å². The van der Waals surface area contributed by atoms with Crippen LogP contribution in [0.3, 0.4) is 0 Å². The van der Waals surface area contributed by atoms with E-state index in [1.54, 1.807) is 0 Å². The Bertz CT molecular complexity index is 553. The van der Waals surface area contributed by atoms with E-state index in [9.17, 15) is 19.7 Å². The van der Waals surface area contributed by atoms with Gasteiger partial charge in [-0.1, -0.05) is 0 Å².